The van der Waals surface area contributed by atoms with Crippen LogP contribution in [0.1, 0.15) is 29.5 Å². The minimum atomic E-state index is -1.58. The highest BCUT2D eigenvalue weighted by Gasteiger charge is 2.84. The lowest BCUT2D eigenvalue weighted by atomic mass is 9.87. The van der Waals surface area contributed by atoms with Gasteiger partial charge in [-0.05, 0) is 37.1 Å². The Morgan fingerprint density at radius 2 is 1.73 bits per heavy atom. The Morgan fingerprint density at radius 3 is 2.23 bits per heavy atom. The molecule has 0 aromatic heterocycles. The first kappa shape index (κ1) is 18.0. The van der Waals surface area contributed by atoms with Crippen LogP contribution in [-0.2, 0) is 14.9 Å². The van der Waals surface area contributed by atoms with E-state index in [-0.39, 0.29) is 6.61 Å². The van der Waals surface area contributed by atoms with Gasteiger partial charge < -0.3 is 4.74 Å². The van der Waals surface area contributed by atoms with E-state index >= 15 is 0 Å². The molecule has 0 radical (unpaired) electrons. The second-order valence-corrected chi connectivity index (χ2v) is 6.85. The van der Waals surface area contributed by atoms with E-state index in [1.54, 1.807) is 31.2 Å². The molecule has 3 atom stereocenters. The largest absolute Gasteiger partial charge is 0.465 e. The molecule has 130 valence electrons. The number of carbonyl (C=O) groups is 1. The molecule has 26 heavy (non-hydrogen) atoms. The number of carbonyl (C=O) groups excluding carboxylic acids is 1. The van der Waals surface area contributed by atoms with Crippen molar-refractivity contribution in [3.63, 3.8) is 0 Å². The smallest absolute Gasteiger partial charge is 0.329 e. The van der Waals surface area contributed by atoms with Crippen molar-refractivity contribution >= 4 is 17.6 Å². The zero-order valence-electron chi connectivity index (χ0n) is 14.5. The number of nitrogens with zero attached hydrogens (tertiary/aromatic N) is 2. The molecular weight excluding hydrogens is 348 g/mol. The number of ether oxygens (including phenoxy) is 1. The summed E-state index contributed by atoms with van der Waals surface area (Å²) in [6, 6.07) is 18.6. The molecule has 1 fully saturated rings. The Balaban J connectivity index is 2.23. The van der Waals surface area contributed by atoms with E-state index in [1.165, 1.54) is 0 Å². The second kappa shape index (κ2) is 6.48. The average molecular weight is 365 g/mol. The van der Waals surface area contributed by atoms with Gasteiger partial charge in [-0.2, -0.15) is 10.5 Å². The maximum Gasteiger partial charge on any atom is 0.329 e. The van der Waals surface area contributed by atoms with Crippen molar-refractivity contribution < 1.29 is 9.53 Å². The van der Waals surface area contributed by atoms with Crippen LogP contribution >= 0.6 is 11.6 Å². The number of aryl methyl sites for hydroxylation is 1. The summed E-state index contributed by atoms with van der Waals surface area (Å²) in [6.07, 6.45) is 0. The fraction of sp³-hybridized carbons (Fsp3) is 0.286. The molecule has 3 rings (SSSR count). The van der Waals surface area contributed by atoms with Gasteiger partial charge in [-0.25, -0.2) is 0 Å². The van der Waals surface area contributed by atoms with Crippen LogP contribution in [0.25, 0.3) is 0 Å². The van der Waals surface area contributed by atoms with Crippen LogP contribution < -0.4 is 0 Å². The van der Waals surface area contributed by atoms with Gasteiger partial charge in [0.1, 0.15) is 5.41 Å². The molecule has 0 spiro atoms. The van der Waals surface area contributed by atoms with Crippen molar-refractivity contribution in [3.8, 4) is 12.1 Å². The average Bonchev–Trinajstić information content (AvgIpc) is 3.27. The molecule has 0 amide bonds. The van der Waals surface area contributed by atoms with Gasteiger partial charge >= 0.3 is 5.97 Å². The highest BCUT2D eigenvalue weighted by molar-refractivity contribution is 6.30. The minimum Gasteiger partial charge on any atom is -0.465 e. The highest BCUT2D eigenvalue weighted by atomic mass is 35.5. The number of rotatable bonds is 4. The van der Waals surface area contributed by atoms with Gasteiger partial charge in [0.25, 0.3) is 0 Å². The fourth-order valence-electron chi connectivity index (χ4n) is 3.78. The van der Waals surface area contributed by atoms with E-state index in [9.17, 15) is 15.3 Å². The molecule has 4 nitrogen and oxygen atoms in total. The Kier molecular flexibility index (Phi) is 4.48. The quantitative estimate of drug-likeness (QED) is 0.759. The van der Waals surface area contributed by atoms with Crippen LogP contribution in [0, 0.1) is 35.0 Å². The molecule has 5 heteroatoms. The van der Waals surface area contributed by atoms with Crippen LogP contribution in [0.5, 0.6) is 0 Å². The number of nitriles is 2. The van der Waals surface area contributed by atoms with Crippen LogP contribution in [-0.4, -0.2) is 12.6 Å². The molecule has 2 aromatic carbocycles. The third-order valence-corrected chi connectivity index (χ3v) is 5.32. The Bertz CT molecular complexity index is 924. The van der Waals surface area contributed by atoms with Gasteiger partial charge in [0, 0.05) is 10.9 Å². The third kappa shape index (κ3) is 2.30. The van der Waals surface area contributed by atoms with Gasteiger partial charge in [0.2, 0.25) is 0 Å². The van der Waals surface area contributed by atoms with Gasteiger partial charge in [-0.15, -0.1) is 0 Å². The Hall–Kier alpha value is -2.82. The zero-order chi connectivity index (χ0) is 18.9. The van der Waals surface area contributed by atoms with Crippen molar-refractivity contribution in [1.82, 2.24) is 0 Å². The maximum atomic E-state index is 12.8. The number of hydrogen-bond acceptors (Lipinski definition) is 4. The predicted octanol–water partition coefficient (Wildman–Crippen LogP) is 4.28. The molecule has 0 unspecified atom stereocenters. The minimum absolute atomic E-state index is 0.144. The van der Waals surface area contributed by atoms with Crippen molar-refractivity contribution in [3.05, 3.63) is 70.2 Å². The van der Waals surface area contributed by atoms with E-state index in [1.807, 2.05) is 31.2 Å². The monoisotopic (exact) mass is 364 g/mol. The molecule has 0 saturated heterocycles. The van der Waals surface area contributed by atoms with E-state index in [2.05, 4.69) is 12.1 Å². The summed E-state index contributed by atoms with van der Waals surface area (Å²) in [6.45, 7) is 3.78. The summed E-state index contributed by atoms with van der Waals surface area (Å²) >= 11 is 5.97. The van der Waals surface area contributed by atoms with E-state index < -0.39 is 22.7 Å². The molecule has 1 aliphatic rings. The van der Waals surface area contributed by atoms with Gasteiger partial charge in [0.15, 0.2) is 5.41 Å². The van der Waals surface area contributed by atoms with Gasteiger partial charge in [-0.3, -0.25) is 4.79 Å². The lowest BCUT2D eigenvalue weighted by molar-refractivity contribution is -0.148. The molecule has 1 saturated carbocycles. The van der Waals surface area contributed by atoms with Crippen LogP contribution in [0.3, 0.4) is 0 Å². The Morgan fingerprint density at radius 1 is 1.12 bits per heavy atom. The van der Waals surface area contributed by atoms with Gasteiger partial charge in [0.05, 0.1) is 18.7 Å². The first-order chi connectivity index (χ1) is 12.5. The summed E-state index contributed by atoms with van der Waals surface area (Å²) in [4.78, 5) is 12.8. The number of hydrogen-bond donors (Lipinski definition) is 0. The maximum absolute atomic E-state index is 12.8. The summed E-state index contributed by atoms with van der Waals surface area (Å²) in [5.41, 5.74) is -0.484. The highest BCUT2D eigenvalue weighted by Crippen LogP contribution is 2.74. The molecular formula is C21H17ClN2O2. The number of benzene rings is 2. The first-order valence-corrected chi connectivity index (χ1v) is 8.68. The predicted molar refractivity (Wildman–Crippen MR) is 97.3 cm³/mol. The third-order valence-electron chi connectivity index (χ3n) is 5.07. The number of esters is 1. The summed E-state index contributed by atoms with van der Waals surface area (Å²) in [5.74, 6) is -1.27. The van der Waals surface area contributed by atoms with Crippen molar-refractivity contribution in [2.24, 2.45) is 5.41 Å². The number of halogens is 1. The van der Waals surface area contributed by atoms with Crippen LogP contribution in [0.15, 0.2) is 48.5 Å². The van der Waals surface area contributed by atoms with Crippen molar-refractivity contribution in [2.75, 3.05) is 6.61 Å². The SMILES string of the molecule is CCOC(=O)[C@@]1(C#N)[C@H](c2ccc(C)cc2)[C@]1(C#N)c1ccc(Cl)cc1. The molecule has 1 aliphatic carbocycles. The van der Waals surface area contributed by atoms with E-state index in [0.29, 0.717) is 10.6 Å². The molecule has 0 N–H and O–H groups in total. The normalized spacial score (nSPS) is 26.4. The van der Waals surface area contributed by atoms with Crippen molar-refractivity contribution in [1.29, 1.82) is 10.5 Å². The summed E-state index contributed by atoms with van der Waals surface area (Å²) in [7, 11) is 0. The molecule has 0 bridgehead atoms. The fourth-order valence-corrected chi connectivity index (χ4v) is 3.91. The zero-order valence-corrected chi connectivity index (χ0v) is 15.2. The van der Waals surface area contributed by atoms with Crippen LogP contribution in [0.4, 0.5) is 0 Å². The molecule has 2 aromatic rings. The topological polar surface area (TPSA) is 73.9 Å². The molecule has 0 heterocycles. The van der Waals surface area contributed by atoms with Crippen LogP contribution in [0.2, 0.25) is 5.02 Å². The lowest BCUT2D eigenvalue weighted by Crippen LogP contribution is -2.26. The molecule has 0 aliphatic heterocycles. The summed E-state index contributed by atoms with van der Waals surface area (Å²) < 4.78 is 5.20. The Labute approximate surface area is 157 Å². The second-order valence-electron chi connectivity index (χ2n) is 6.41. The first-order valence-electron chi connectivity index (χ1n) is 8.30. The van der Waals surface area contributed by atoms with E-state index in [0.717, 1.165) is 11.1 Å². The summed E-state index contributed by atoms with van der Waals surface area (Å²) in [5, 5.41) is 20.6. The van der Waals surface area contributed by atoms with Crippen molar-refractivity contribution in [2.45, 2.75) is 25.2 Å². The lowest BCUT2D eigenvalue weighted by Gasteiger charge is -2.13. The van der Waals surface area contributed by atoms with Gasteiger partial charge in [-0.1, -0.05) is 53.6 Å². The standard InChI is InChI=1S/C21H17ClN2O2/c1-3-26-19(25)21(13-24)18(15-6-4-14(2)5-7-15)20(21,12-23)16-8-10-17(22)11-9-16/h4-11,18H,3H2,1-2H3/t18-,20+,21-/m1/s1. The van der Waals surface area contributed by atoms with E-state index in [4.69, 9.17) is 16.3 Å².